The van der Waals surface area contributed by atoms with Gasteiger partial charge in [0.25, 0.3) is 0 Å². The van der Waals surface area contributed by atoms with Crippen molar-refractivity contribution in [1.29, 1.82) is 0 Å². The zero-order chi connectivity index (χ0) is 47.3. The summed E-state index contributed by atoms with van der Waals surface area (Å²) < 4.78 is 6.06. The van der Waals surface area contributed by atoms with Crippen molar-refractivity contribution in [2.75, 3.05) is 42.5 Å². The van der Waals surface area contributed by atoms with Crippen LogP contribution in [0, 0.1) is 50.3 Å². The third kappa shape index (κ3) is 11.4. The SMILES string of the molecule is CC(C)(C)c1c[c-]c(N2[CH-]N(CCCCN3[CH-]N(c4[c-]cccc4)c4ccccc43)c3ccccc32)cc1.CC(C)N1[CH-]N(c2[c-]c(Oc3[c-]c(-c4[c-]cccn4)ncc3)ccc2)c2ccccc21.[Ir].[Pt]. The van der Waals surface area contributed by atoms with Crippen LogP contribution in [0.15, 0.2) is 164 Å². The van der Waals surface area contributed by atoms with Crippen molar-refractivity contribution < 1.29 is 45.9 Å². The first-order valence-electron chi connectivity index (χ1n) is 23.6. The predicted molar refractivity (Wildman–Crippen MR) is 280 cm³/mol. The summed E-state index contributed by atoms with van der Waals surface area (Å²) in [5.41, 5.74) is 12.9. The Morgan fingerprint density at radius 2 is 1.07 bits per heavy atom. The van der Waals surface area contributed by atoms with Crippen LogP contribution in [0.1, 0.15) is 53.0 Å². The molecule has 9 nitrogen and oxygen atoms in total. The number of hydrogen-bond acceptors (Lipinski definition) is 9. The van der Waals surface area contributed by atoms with Gasteiger partial charge >= 0.3 is 0 Å². The fraction of sp³-hybridized carbons (Fsp3) is 0.183. The van der Waals surface area contributed by atoms with Crippen molar-refractivity contribution in [3.63, 3.8) is 0 Å². The topological polar surface area (TPSA) is 54.5 Å². The molecule has 3 aliphatic rings. The standard InChI is InChI=1S/C34H34N4.C26H20N4O.Ir.Pt/c1-34(2,3)27-19-21-29(22-20-27)38-26-36(31-16-8-10-18-33(31)38)24-12-11-23-35-25-37(28-13-5-4-6-14-28)32-17-9-7-15-30(32)35;1-19(2)29-18-30(26-12-4-3-11-25(26)29)20-8-7-9-21(16-20)31-22-13-15-28-24(17-22)23-10-5-6-14-27-23;;/h4-10,13,15-21,25-26H,11-12,23-24H2,1-3H3;3-9,11-15,18-19H,1-2H3;;/q2*-4;;. The first-order chi connectivity index (χ1) is 33.7. The van der Waals surface area contributed by atoms with Gasteiger partial charge < -0.3 is 44.1 Å². The quantitative estimate of drug-likeness (QED) is 0.0879. The molecule has 0 N–H and O–H groups in total. The zero-order valence-electron chi connectivity index (χ0n) is 40.4. The number of fused-ring (bicyclic) bond motifs is 3. The van der Waals surface area contributed by atoms with E-state index < -0.39 is 0 Å². The first kappa shape index (κ1) is 50.9. The Morgan fingerprint density at radius 3 is 1.65 bits per heavy atom. The van der Waals surface area contributed by atoms with Gasteiger partial charge in [-0.25, -0.2) is 6.07 Å². The van der Waals surface area contributed by atoms with E-state index in [4.69, 9.17) is 4.74 Å². The normalized spacial score (nSPS) is 13.5. The van der Waals surface area contributed by atoms with Gasteiger partial charge in [0, 0.05) is 86.8 Å². The van der Waals surface area contributed by atoms with E-state index in [-0.39, 0.29) is 46.6 Å². The number of unbranched alkanes of at least 4 members (excludes halogenated alkanes) is 1. The van der Waals surface area contributed by atoms with Crippen LogP contribution in [-0.4, -0.2) is 29.1 Å². The van der Waals surface area contributed by atoms with Gasteiger partial charge in [0.05, 0.1) is 0 Å². The molecule has 0 spiro atoms. The molecule has 0 bridgehead atoms. The van der Waals surface area contributed by atoms with Crippen LogP contribution in [0.4, 0.5) is 51.2 Å². The number of benzene rings is 6. The molecule has 8 aromatic rings. The Balaban J connectivity index is 0.000000189. The molecule has 0 aliphatic carbocycles. The molecular formula is C60H54IrN8OPt-8. The fourth-order valence-corrected chi connectivity index (χ4v) is 8.72. The van der Waals surface area contributed by atoms with Crippen molar-refractivity contribution in [2.24, 2.45) is 0 Å². The third-order valence-corrected chi connectivity index (χ3v) is 12.3. The van der Waals surface area contributed by atoms with Gasteiger partial charge in [-0.2, -0.15) is 92.3 Å². The smallest absolute Gasteiger partial charge is 0.0326 e. The maximum Gasteiger partial charge on any atom is 0.0326 e. The van der Waals surface area contributed by atoms with Crippen LogP contribution in [0.25, 0.3) is 11.4 Å². The summed E-state index contributed by atoms with van der Waals surface area (Å²) in [6, 6.07) is 68.4. The van der Waals surface area contributed by atoms with E-state index in [1.807, 2.05) is 42.5 Å². The van der Waals surface area contributed by atoms with E-state index in [2.05, 4.69) is 221 Å². The van der Waals surface area contributed by atoms with Crippen molar-refractivity contribution in [1.82, 2.24) is 9.97 Å². The van der Waals surface area contributed by atoms with Crippen LogP contribution in [0.5, 0.6) is 11.5 Å². The molecule has 1 radical (unpaired) electrons. The molecule has 5 heterocycles. The molecule has 6 aromatic carbocycles. The molecule has 3 aliphatic heterocycles. The third-order valence-electron chi connectivity index (χ3n) is 12.3. The number of hydrogen-bond donors (Lipinski definition) is 0. The van der Waals surface area contributed by atoms with E-state index in [0.29, 0.717) is 28.9 Å². The maximum absolute atomic E-state index is 6.06. The second kappa shape index (κ2) is 22.8. The van der Waals surface area contributed by atoms with Crippen LogP contribution in [-0.2, 0) is 46.6 Å². The molecule has 367 valence electrons. The van der Waals surface area contributed by atoms with Crippen LogP contribution in [0.3, 0.4) is 0 Å². The van der Waals surface area contributed by atoms with Crippen molar-refractivity contribution in [2.45, 2.75) is 58.9 Å². The number of anilines is 9. The Kier molecular flexibility index (Phi) is 16.3. The number of rotatable bonds is 12. The Bertz CT molecular complexity index is 2990. The number of nitrogens with zero attached hydrogens (tertiary/aromatic N) is 8. The van der Waals surface area contributed by atoms with Gasteiger partial charge in [-0.15, -0.1) is 64.8 Å². The molecular weight excluding hydrogens is 1240 g/mol. The minimum atomic E-state index is 0. The largest absolute Gasteiger partial charge is 0.510 e. The van der Waals surface area contributed by atoms with Gasteiger partial charge in [-0.1, -0.05) is 62.6 Å². The van der Waals surface area contributed by atoms with Gasteiger partial charge in [-0.05, 0) is 94.6 Å². The first-order valence-corrected chi connectivity index (χ1v) is 23.6. The Labute approximate surface area is 448 Å². The summed E-state index contributed by atoms with van der Waals surface area (Å²) in [7, 11) is 0. The molecule has 11 rings (SSSR count). The number of aromatic nitrogens is 2. The van der Waals surface area contributed by atoms with Crippen LogP contribution < -0.4 is 34.1 Å². The van der Waals surface area contributed by atoms with Gasteiger partial charge in [0.1, 0.15) is 0 Å². The van der Waals surface area contributed by atoms with E-state index in [1.54, 1.807) is 24.5 Å². The summed E-state index contributed by atoms with van der Waals surface area (Å²) in [5, 5.41) is 0. The molecule has 0 saturated carbocycles. The monoisotopic (exact) mass is 1290 g/mol. The second-order valence-corrected chi connectivity index (χ2v) is 18.4. The molecule has 0 fully saturated rings. The summed E-state index contributed by atoms with van der Waals surface area (Å²) in [6.45, 7) is 19.6. The van der Waals surface area contributed by atoms with Crippen molar-refractivity contribution in [3.8, 4) is 22.9 Å². The average molecular weight is 1290 g/mol. The maximum atomic E-state index is 6.06. The minimum Gasteiger partial charge on any atom is -0.510 e. The number of para-hydroxylation sites is 7. The Morgan fingerprint density at radius 1 is 0.521 bits per heavy atom. The van der Waals surface area contributed by atoms with Crippen LogP contribution >= 0.6 is 0 Å². The molecule has 11 heteroatoms. The molecule has 0 amide bonds. The Hall–Kier alpha value is -6.44. The fourth-order valence-electron chi connectivity index (χ4n) is 8.72. The zero-order valence-corrected chi connectivity index (χ0v) is 45.0. The average Bonchev–Trinajstić information content (AvgIpc) is 4.08. The summed E-state index contributed by atoms with van der Waals surface area (Å²) >= 11 is 0. The molecule has 0 unspecified atom stereocenters. The van der Waals surface area contributed by atoms with E-state index in [1.165, 1.54) is 34.0 Å². The van der Waals surface area contributed by atoms with E-state index in [9.17, 15) is 0 Å². The van der Waals surface area contributed by atoms with Gasteiger partial charge in [-0.3, -0.25) is 0 Å². The number of ether oxygens (including phenoxy) is 1. The van der Waals surface area contributed by atoms with Crippen molar-refractivity contribution >= 4 is 51.2 Å². The van der Waals surface area contributed by atoms with Gasteiger partial charge in [0.15, 0.2) is 0 Å². The van der Waals surface area contributed by atoms with Crippen molar-refractivity contribution in [3.05, 3.63) is 220 Å². The minimum absolute atomic E-state index is 0. The number of pyridine rings is 2. The second-order valence-electron chi connectivity index (χ2n) is 18.4. The molecule has 0 saturated heterocycles. The summed E-state index contributed by atoms with van der Waals surface area (Å²) in [5.74, 6) is 1.15. The van der Waals surface area contributed by atoms with Crippen LogP contribution in [0.2, 0.25) is 0 Å². The molecule has 0 atom stereocenters. The van der Waals surface area contributed by atoms with Gasteiger partial charge in [0.2, 0.25) is 0 Å². The molecule has 2 aromatic heterocycles. The summed E-state index contributed by atoms with van der Waals surface area (Å²) in [4.78, 5) is 22.2. The van der Waals surface area contributed by atoms with E-state index >= 15 is 0 Å². The predicted octanol–water partition coefficient (Wildman–Crippen LogP) is 14.0. The summed E-state index contributed by atoms with van der Waals surface area (Å²) in [6.07, 6.45) is 5.57. The van der Waals surface area contributed by atoms with E-state index in [0.717, 1.165) is 48.7 Å². The molecule has 71 heavy (non-hydrogen) atoms.